The second kappa shape index (κ2) is 16.0. The van der Waals surface area contributed by atoms with E-state index in [0.29, 0.717) is 18.4 Å². The van der Waals surface area contributed by atoms with Crippen LogP contribution in [0.3, 0.4) is 0 Å². The molecule has 1 heterocycles. The minimum absolute atomic E-state index is 0.00983. The van der Waals surface area contributed by atoms with Crippen molar-refractivity contribution in [3.63, 3.8) is 0 Å². The first kappa shape index (κ1) is 36.8. The zero-order chi connectivity index (χ0) is 36.7. The van der Waals surface area contributed by atoms with Crippen molar-refractivity contribution in [2.75, 3.05) is 20.8 Å². The highest BCUT2D eigenvalue weighted by Crippen LogP contribution is 2.38. The van der Waals surface area contributed by atoms with Crippen molar-refractivity contribution in [1.29, 1.82) is 0 Å². The number of hydrogen-bond acceptors (Lipinski definition) is 9. The maximum atomic E-state index is 14.5. The number of hydrogen-bond donors (Lipinski definition) is 1. The molecule has 11 nitrogen and oxygen atoms in total. The molecule has 0 aliphatic carbocycles. The lowest BCUT2D eigenvalue weighted by molar-refractivity contribution is -0.139. The average molecular weight is 712 g/mol. The smallest absolute Gasteiger partial charge is 0.266 e. The molecule has 51 heavy (non-hydrogen) atoms. The summed E-state index contributed by atoms with van der Waals surface area (Å²) in [7, 11) is -1.60. The van der Waals surface area contributed by atoms with Crippen LogP contribution in [0.1, 0.15) is 46.8 Å². The fourth-order valence-corrected chi connectivity index (χ4v) is 7.49. The van der Waals surface area contributed by atoms with Gasteiger partial charge in [-0.3, -0.25) is 19.3 Å². The monoisotopic (exact) mass is 711 g/mol. The first-order chi connectivity index (χ1) is 24.5. The molecule has 266 valence electrons. The van der Waals surface area contributed by atoms with Crippen LogP contribution in [-0.2, 0) is 32.7 Å². The van der Waals surface area contributed by atoms with Gasteiger partial charge < -0.3 is 14.6 Å². The molecule has 0 radical (unpaired) electrons. The van der Waals surface area contributed by atoms with E-state index in [2.05, 4.69) is 0 Å². The molecule has 0 saturated carbocycles. The number of guanidine groups is 1. The number of rotatable bonds is 12. The zero-order valence-corrected chi connectivity index (χ0v) is 29.8. The Kier molecular flexibility index (Phi) is 11.6. The number of carbonyl (C=O) groups excluding carboxylic acids is 3. The largest absolute Gasteiger partial charge is 0.504 e. The first-order valence-corrected chi connectivity index (χ1v) is 18.0. The highest BCUT2D eigenvalue weighted by Gasteiger charge is 2.42. The molecule has 4 aromatic rings. The second-order valence-electron chi connectivity index (χ2n) is 12.4. The molecule has 5 rings (SSSR count). The van der Waals surface area contributed by atoms with Gasteiger partial charge in [0.15, 0.2) is 11.5 Å². The van der Waals surface area contributed by atoms with Crippen molar-refractivity contribution in [1.82, 2.24) is 9.21 Å². The van der Waals surface area contributed by atoms with E-state index in [1.54, 1.807) is 36.4 Å². The highest BCUT2D eigenvalue weighted by molar-refractivity contribution is 7.89. The van der Waals surface area contributed by atoms with Crippen molar-refractivity contribution in [2.24, 2.45) is 16.8 Å². The van der Waals surface area contributed by atoms with Gasteiger partial charge in [0.25, 0.3) is 10.0 Å². The number of phenols is 1. The Morgan fingerprint density at radius 1 is 0.941 bits per heavy atom. The standard InChI is InChI=1S/C39H41N3O8S/c1-26-17-19-31(20-18-26)51(47,48)42(25-29-14-9-6-10-15-29)39(40-24-28-12-7-5-8-13-28)41-21-11-16-32(38(41)46)27(2)35(44)36(45)30-22-33(43)37(50-4)34(23-30)49-3/h5-10,12-15,17-20,22-23,27,32,43H,11,16,21,24-25H2,1-4H3/t27?,32-/m1/s1. The lowest BCUT2D eigenvalue weighted by Gasteiger charge is -2.38. The minimum Gasteiger partial charge on any atom is -0.504 e. The van der Waals surface area contributed by atoms with E-state index in [9.17, 15) is 27.9 Å². The van der Waals surface area contributed by atoms with Crippen LogP contribution < -0.4 is 9.47 Å². The summed E-state index contributed by atoms with van der Waals surface area (Å²) in [6, 6.07) is 27.2. The number of Topliss-reactive ketones (excluding diaryl/α,β-unsaturated/α-hetero) is 2. The van der Waals surface area contributed by atoms with Crippen LogP contribution in [0.5, 0.6) is 17.2 Å². The van der Waals surface area contributed by atoms with Crippen LogP contribution in [0.4, 0.5) is 0 Å². The number of ether oxygens (including phenoxy) is 2. The van der Waals surface area contributed by atoms with Crippen LogP contribution in [0.25, 0.3) is 0 Å². The predicted molar refractivity (Wildman–Crippen MR) is 192 cm³/mol. The Bertz CT molecular complexity index is 2020. The Balaban J connectivity index is 1.54. The third kappa shape index (κ3) is 8.12. The summed E-state index contributed by atoms with van der Waals surface area (Å²) < 4.78 is 40.5. The van der Waals surface area contributed by atoms with E-state index in [4.69, 9.17) is 14.5 Å². The lowest BCUT2D eigenvalue weighted by Crippen LogP contribution is -2.54. The molecule has 2 atom stereocenters. The van der Waals surface area contributed by atoms with Gasteiger partial charge in [0.05, 0.1) is 32.2 Å². The van der Waals surface area contributed by atoms with Gasteiger partial charge >= 0.3 is 0 Å². The summed E-state index contributed by atoms with van der Waals surface area (Å²) in [5.41, 5.74) is 2.24. The summed E-state index contributed by atoms with van der Waals surface area (Å²) in [6.45, 7) is 3.48. The Hall–Kier alpha value is -5.49. The number of aryl methyl sites for hydroxylation is 1. The quantitative estimate of drug-likeness (QED) is 0.0842. The molecule has 0 aromatic heterocycles. The van der Waals surface area contributed by atoms with Crippen LogP contribution >= 0.6 is 0 Å². The van der Waals surface area contributed by atoms with Gasteiger partial charge in [-0.1, -0.05) is 85.3 Å². The molecule has 12 heteroatoms. The van der Waals surface area contributed by atoms with Crippen LogP contribution in [-0.4, -0.2) is 66.9 Å². The molecule has 0 spiro atoms. The summed E-state index contributed by atoms with van der Waals surface area (Å²) in [5.74, 6) is -4.67. The third-order valence-corrected chi connectivity index (χ3v) is 10.7. The van der Waals surface area contributed by atoms with Crippen molar-refractivity contribution in [3.8, 4) is 17.2 Å². The van der Waals surface area contributed by atoms with Crippen molar-refractivity contribution in [2.45, 2.75) is 44.7 Å². The number of carbonyl (C=O) groups is 3. The van der Waals surface area contributed by atoms with Gasteiger partial charge in [-0.05, 0) is 55.2 Å². The van der Waals surface area contributed by atoms with Crippen LogP contribution in [0.15, 0.2) is 107 Å². The van der Waals surface area contributed by atoms with E-state index in [0.717, 1.165) is 21.5 Å². The Morgan fingerprint density at radius 2 is 1.57 bits per heavy atom. The fraction of sp³-hybridized carbons (Fsp3) is 0.282. The fourth-order valence-electron chi connectivity index (χ4n) is 6.07. The van der Waals surface area contributed by atoms with Crippen LogP contribution in [0.2, 0.25) is 0 Å². The number of methoxy groups -OCH3 is 2. The number of piperidine rings is 1. The molecular weight excluding hydrogens is 671 g/mol. The lowest BCUT2D eigenvalue weighted by atomic mass is 9.81. The van der Waals surface area contributed by atoms with E-state index in [-0.39, 0.29) is 53.3 Å². The van der Waals surface area contributed by atoms with Crippen molar-refractivity contribution >= 4 is 33.5 Å². The number of phenolic OH excluding ortho intramolecular Hbond substituents is 1. The van der Waals surface area contributed by atoms with Crippen LogP contribution in [0, 0.1) is 18.8 Å². The molecule has 1 fully saturated rings. The van der Waals surface area contributed by atoms with Crippen molar-refractivity contribution < 1.29 is 37.4 Å². The molecule has 1 N–H and O–H groups in total. The highest BCUT2D eigenvalue weighted by atomic mass is 32.2. The number of likely N-dealkylation sites (tertiary alicyclic amines) is 1. The molecule has 0 bridgehead atoms. The zero-order valence-electron chi connectivity index (χ0n) is 29.0. The number of ketones is 2. The topological polar surface area (TPSA) is 143 Å². The number of sulfonamides is 1. The minimum atomic E-state index is -4.27. The molecular formula is C39H41N3O8S. The number of nitrogens with zero attached hydrogens (tertiary/aromatic N) is 3. The van der Waals surface area contributed by atoms with E-state index >= 15 is 0 Å². The SMILES string of the molecule is COc1cc(C(=O)C(=O)C(C)[C@H]2CCCN(C(=NCc3ccccc3)N(Cc3ccccc3)S(=O)(=O)c3ccc(C)cc3)C2=O)cc(O)c1OC. The molecule has 1 unspecified atom stereocenters. The molecule has 1 aliphatic rings. The van der Waals surface area contributed by atoms with Gasteiger partial charge in [0.2, 0.25) is 29.2 Å². The Morgan fingerprint density at radius 3 is 2.18 bits per heavy atom. The number of aliphatic imine (C=N–C) groups is 1. The maximum absolute atomic E-state index is 14.5. The van der Waals surface area contributed by atoms with Gasteiger partial charge in [0.1, 0.15) is 0 Å². The molecule has 4 aromatic carbocycles. The summed E-state index contributed by atoms with van der Waals surface area (Å²) in [6.07, 6.45) is 0.718. The normalized spacial score (nSPS) is 15.6. The van der Waals surface area contributed by atoms with Gasteiger partial charge in [0, 0.05) is 23.9 Å². The summed E-state index contributed by atoms with van der Waals surface area (Å²) in [4.78, 5) is 47.8. The average Bonchev–Trinajstić information content (AvgIpc) is 3.14. The van der Waals surface area contributed by atoms with Gasteiger partial charge in [-0.15, -0.1) is 0 Å². The first-order valence-electron chi connectivity index (χ1n) is 16.5. The summed E-state index contributed by atoms with van der Waals surface area (Å²) >= 11 is 0. The van der Waals surface area contributed by atoms with Gasteiger partial charge in [-0.25, -0.2) is 17.7 Å². The van der Waals surface area contributed by atoms with E-state index in [1.807, 2.05) is 43.3 Å². The number of benzene rings is 4. The third-order valence-electron chi connectivity index (χ3n) is 8.93. The van der Waals surface area contributed by atoms with Crippen molar-refractivity contribution in [3.05, 3.63) is 119 Å². The molecule has 1 amide bonds. The molecule has 1 saturated heterocycles. The second-order valence-corrected chi connectivity index (χ2v) is 14.2. The van der Waals surface area contributed by atoms with E-state index < -0.39 is 39.3 Å². The number of amides is 1. The predicted octanol–water partition coefficient (Wildman–Crippen LogP) is 5.79. The maximum Gasteiger partial charge on any atom is 0.266 e. The van der Waals surface area contributed by atoms with E-state index in [1.165, 1.54) is 44.2 Å². The molecule has 1 aliphatic heterocycles. The Labute approximate surface area is 298 Å². The summed E-state index contributed by atoms with van der Waals surface area (Å²) in [5, 5.41) is 10.4. The number of aromatic hydroxyl groups is 1. The van der Waals surface area contributed by atoms with Gasteiger partial charge in [-0.2, -0.15) is 0 Å².